The van der Waals surface area contributed by atoms with Crippen LogP contribution >= 0.6 is 11.3 Å². The Morgan fingerprint density at radius 2 is 1.90 bits per heavy atom. The minimum Gasteiger partial charge on any atom is -0.312 e. The fourth-order valence-corrected chi connectivity index (χ4v) is 4.01. The molecule has 0 atom stereocenters. The van der Waals surface area contributed by atoms with E-state index in [-0.39, 0.29) is 0 Å². The largest absolute Gasteiger partial charge is 0.312 e. The Hall–Kier alpha value is -0.450. The SMILES string of the molecule is CC(C)CNCc1sc(CCN2CCCC2)nc1C(C)C. The monoisotopic (exact) mass is 309 g/mol. The summed E-state index contributed by atoms with van der Waals surface area (Å²) in [4.78, 5) is 8.94. The lowest BCUT2D eigenvalue weighted by atomic mass is 10.1. The molecule has 1 aliphatic heterocycles. The van der Waals surface area contributed by atoms with Crippen LogP contribution in [-0.4, -0.2) is 36.1 Å². The van der Waals surface area contributed by atoms with Crippen molar-refractivity contribution in [3.8, 4) is 0 Å². The van der Waals surface area contributed by atoms with E-state index >= 15 is 0 Å². The lowest BCUT2D eigenvalue weighted by Gasteiger charge is -2.12. The van der Waals surface area contributed by atoms with Crippen LogP contribution in [0, 0.1) is 5.92 Å². The van der Waals surface area contributed by atoms with Crippen molar-refractivity contribution in [2.75, 3.05) is 26.2 Å². The van der Waals surface area contributed by atoms with E-state index in [1.54, 1.807) is 0 Å². The van der Waals surface area contributed by atoms with Crippen LogP contribution in [0.2, 0.25) is 0 Å². The lowest BCUT2D eigenvalue weighted by molar-refractivity contribution is 0.343. The molecule has 1 fully saturated rings. The zero-order valence-corrected chi connectivity index (χ0v) is 14.9. The van der Waals surface area contributed by atoms with Gasteiger partial charge in [-0.3, -0.25) is 0 Å². The van der Waals surface area contributed by atoms with Gasteiger partial charge in [-0.1, -0.05) is 27.7 Å². The molecule has 21 heavy (non-hydrogen) atoms. The minimum absolute atomic E-state index is 0.526. The Bertz CT molecular complexity index is 420. The summed E-state index contributed by atoms with van der Waals surface area (Å²) in [5.74, 6) is 1.23. The molecule has 2 heterocycles. The van der Waals surface area contributed by atoms with Crippen LogP contribution in [0.5, 0.6) is 0 Å². The van der Waals surface area contributed by atoms with Crippen LogP contribution in [-0.2, 0) is 13.0 Å². The first-order valence-electron chi connectivity index (χ1n) is 8.47. The average Bonchev–Trinajstić information content (AvgIpc) is 3.04. The smallest absolute Gasteiger partial charge is 0.0944 e. The Labute approximate surface area is 134 Å². The quantitative estimate of drug-likeness (QED) is 0.794. The van der Waals surface area contributed by atoms with Gasteiger partial charge in [0, 0.05) is 24.4 Å². The van der Waals surface area contributed by atoms with Crippen molar-refractivity contribution in [3.05, 3.63) is 15.6 Å². The maximum absolute atomic E-state index is 4.92. The van der Waals surface area contributed by atoms with Gasteiger partial charge in [-0.25, -0.2) is 4.98 Å². The second-order valence-electron chi connectivity index (χ2n) is 6.89. The van der Waals surface area contributed by atoms with Crippen LogP contribution in [0.3, 0.4) is 0 Å². The second kappa shape index (κ2) is 8.25. The number of nitrogens with zero attached hydrogens (tertiary/aromatic N) is 2. The number of likely N-dealkylation sites (tertiary alicyclic amines) is 1. The number of aromatic nitrogens is 1. The Morgan fingerprint density at radius 1 is 1.19 bits per heavy atom. The number of hydrogen-bond donors (Lipinski definition) is 1. The molecule has 1 aliphatic rings. The zero-order valence-electron chi connectivity index (χ0n) is 14.1. The molecule has 3 nitrogen and oxygen atoms in total. The third-order valence-corrected chi connectivity index (χ3v) is 5.13. The number of nitrogens with one attached hydrogen (secondary N) is 1. The van der Waals surface area contributed by atoms with Gasteiger partial charge in [0.25, 0.3) is 0 Å². The molecule has 0 amide bonds. The van der Waals surface area contributed by atoms with Gasteiger partial charge in [-0.15, -0.1) is 11.3 Å². The molecule has 0 aliphatic carbocycles. The predicted molar refractivity (Wildman–Crippen MR) is 92.1 cm³/mol. The standard InChI is InChI=1S/C17H31N3S/c1-13(2)11-18-12-15-17(14(3)4)19-16(21-15)7-10-20-8-5-6-9-20/h13-14,18H,5-12H2,1-4H3. The summed E-state index contributed by atoms with van der Waals surface area (Å²) in [7, 11) is 0. The van der Waals surface area contributed by atoms with Crippen LogP contribution in [0.15, 0.2) is 0 Å². The summed E-state index contributed by atoms with van der Waals surface area (Å²) in [6.07, 6.45) is 3.87. The van der Waals surface area contributed by atoms with Crippen LogP contribution < -0.4 is 5.32 Å². The average molecular weight is 310 g/mol. The molecule has 0 aromatic carbocycles. The fourth-order valence-electron chi connectivity index (χ4n) is 2.83. The molecule has 0 radical (unpaired) electrons. The van der Waals surface area contributed by atoms with Gasteiger partial charge in [-0.2, -0.15) is 0 Å². The van der Waals surface area contributed by atoms with Crippen LogP contribution in [0.25, 0.3) is 0 Å². The maximum atomic E-state index is 4.92. The lowest BCUT2D eigenvalue weighted by Crippen LogP contribution is -2.21. The Balaban J connectivity index is 1.91. The molecular weight excluding hydrogens is 278 g/mol. The molecule has 0 unspecified atom stereocenters. The summed E-state index contributed by atoms with van der Waals surface area (Å²) in [6.45, 7) is 14.8. The van der Waals surface area contributed by atoms with E-state index in [0.717, 1.165) is 19.5 Å². The Morgan fingerprint density at radius 3 is 2.52 bits per heavy atom. The predicted octanol–water partition coefficient (Wildman–Crippen LogP) is 3.65. The van der Waals surface area contributed by atoms with Crippen LogP contribution in [0.4, 0.5) is 0 Å². The van der Waals surface area contributed by atoms with Crippen molar-refractivity contribution < 1.29 is 0 Å². The van der Waals surface area contributed by atoms with E-state index in [4.69, 9.17) is 4.98 Å². The molecule has 0 spiro atoms. The van der Waals surface area contributed by atoms with Gasteiger partial charge >= 0.3 is 0 Å². The van der Waals surface area contributed by atoms with Crippen molar-refractivity contribution >= 4 is 11.3 Å². The molecule has 1 N–H and O–H groups in total. The first-order valence-corrected chi connectivity index (χ1v) is 9.29. The summed E-state index contributed by atoms with van der Waals surface area (Å²) >= 11 is 1.92. The fraction of sp³-hybridized carbons (Fsp3) is 0.824. The highest BCUT2D eigenvalue weighted by atomic mass is 32.1. The summed E-state index contributed by atoms with van der Waals surface area (Å²) in [5, 5.41) is 4.89. The van der Waals surface area contributed by atoms with Crippen molar-refractivity contribution in [3.63, 3.8) is 0 Å². The number of hydrogen-bond acceptors (Lipinski definition) is 4. The molecule has 0 bridgehead atoms. The van der Waals surface area contributed by atoms with Crippen LogP contribution in [0.1, 0.15) is 62.0 Å². The maximum Gasteiger partial charge on any atom is 0.0944 e. The third-order valence-electron chi connectivity index (χ3n) is 4.00. The summed E-state index contributed by atoms with van der Waals surface area (Å²) in [6, 6.07) is 0. The van der Waals surface area contributed by atoms with E-state index in [9.17, 15) is 0 Å². The van der Waals surface area contributed by atoms with E-state index in [1.165, 1.54) is 48.1 Å². The van der Waals surface area contributed by atoms with Crippen molar-refractivity contribution in [2.24, 2.45) is 5.92 Å². The highest BCUT2D eigenvalue weighted by Crippen LogP contribution is 2.26. The van der Waals surface area contributed by atoms with E-state index in [0.29, 0.717) is 11.8 Å². The molecule has 4 heteroatoms. The number of thiazole rings is 1. The summed E-state index contributed by atoms with van der Waals surface area (Å²) < 4.78 is 0. The molecule has 1 aromatic heterocycles. The first kappa shape index (κ1) is 16.9. The van der Waals surface area contributed by atoms with Gasteiger partial charge < -0.3 is 10.2 Å². The minimum atomic E-state index is 0.526. The van der Waals surface area contributed by atoms with Gasteiger partial charge in [0.1, 0.15) is 0 Å². The van der Waals surface area contributed by atoms with Crippen molar-refractivity contribution in [2.45, 2.75) is 59.4 Å². The molecular formula is C17H31N3S. The molecule has 1 aromatic rings. The summed E-state index contributed by atoms with van der Waals surface area (Å²) in [5.41, 5.74) is 1.31. The molecule has 1 saturated heterocycles. The molecule has 0 saturated carbocycles. The first-order chi connectivity index (χ1) is 10.1. The molecule has 120 valence electrons. The van der Waals surface area contributed by atoms with Crippen molar-refractivity contribution in [1.29, 1.82) is 0 Å². The normalized spacial score (nSPS) is 16.5. The van der Waals surface area contributed by atoms with Gasteiger partial charge in [0.15, 0.2) is 0 Å². The second-order valence-corrected chi connectivity index (χ2v) is 8.06. The highest BCUT2D eigenvalue weighted by molar-refractivity contribution is 7.11. The Kier molecular flexibility index (Phi) is 6.65. The van der Waals surface area contributed by atoms with E-state index in [2.05, 4.69) is 37.9 Å². The zero-order chi connectivity index (χ0) is 15.2. The van der Waals surface area contributed by atoms with Gasteiger partial charge in [-0.05, 0) is 44.3 Å². The van der Waals surface area contributed by atoms with Crippen molar-refractivity contribution in [1.82, 2.24) is 15.2 Å². The van der Waals surface area contributed by atoms with E-state index in [1.807, 2.05) is 11.3 Å². The highest BCUT2D eigenvalue weighted by Gasteiger charge is 2.16. The third kappa shape index (κ3) is 5.35. The van der Waals surface area contributed by atoms with E-state index < -0.39 is 0 Å². The number of rotatable bonds is 8. The van der Waals surface area contributed by atoms with Gasteiger partial charge in [0.2, 0.25) is 0 Å². The molecule has 2 rings (SSSR count). The topological polar surface area (TPSA) is 28.2 Å². The van der Waals surface area contributed by atoms with Gasteiger partial charge in [0.05, 0.1) is 10.7 Å².